The number of carbonyl (C=O) groups excluding carboxylic acids is 1. The number of para-hydroxylation sites is 1. The third-order valence-corrected chi connectivity index (χ3v) is 5.56. The van der Waals surface area contributed by atoms with Crippen molar-refractivity contribution in [1.29, 1.82) is 0 Å². The molecule has 6 nitrogen and oxygen atoms in total. The highest BCUT2D eigenvalue weighted by atomic mass is 19.1. The van der Waals surface area contributed by atoms with E-state index >= 15 is 0 Å². The summed E-state index contributed by atoms with van der Waals surface area (Å²) in [5.41, 5.74) is 2.33. The summed E-state index contributed by atoms with van der Waals surface area (Å²) < 4.78 is 15.5. The summed E-state index contributed by atoms with van der Waals surface area (Å²) in [6.07, 6.45) is 1.82. The number of hydrogen-bond acceptors (Lipinski definition) is 3. The fraction of sp³-hybridized carbons (Fsp3) is 0.261. The first-order valence-electron chi connectivity index (χ1n) is 9.92. The minimum absolute atomic E-state index is 0.225. The van der Waals surface area contributed by atoms with Crippen LogP contribution < -0.4 is 10.2 Å². The highest BCUT2D eigenvalue weighted by Crippen LogP contribution is 2.44. The van der Waals surface area contributed by atoms with Crippen molar-refractivity contribution in [3.05, 3.63) is 77.7 Å². The maximum Gasteiger partial charge on any atom is 0.328 e. The third kappa shape index (κ3) is 2.81. The summed E-state index contributed by atoms with van der Waals surface area (Å²) >= 11 is 0. The molecule has 1 fully saturated rings. The van der Waals surface area contributed by atoms with Gasteiger partial charge in [-0.15, -0.1) is 0 Å². The molecule has 0 radical (unpaired) electrons. The number of aliphatic imine (C=N–C) groups is 1. The SMILES string of the molecule is CC(C)(C)n1ncc2c1N=C1NC(=O)N(c3ccccc3)[C@H]1[C@@H]2c1ccc(F)cc1. The van der Waals surface area contributed by atoms with Gasteiger partial charge in [-0.25, -0.2) is 18.9 Å². The predicted molar refractivity (Wildman–Crippen MR) is 114 cm³/mol. The quantitative estimate of drug-likeness (QED) is 0.682. The molecule has 3 heterocycles. The van der Waals surface area contributed by atoms with Crippen LogP contribution in [-0.2, 0) is 5.54 Å². The number of hydrogen-bond donors (Lipinski definition) is 1. The molecule has 2 aliphatic heterocycles. The van der Waals surface area contributed by atoms with Gasteiger partial charge in [0, 0.05) is 17.2 Å². The zero-order valence-electron chi connectivity index (χ0n) is 17.0. The van der Waals surface area contributed by atoms with E-state index in [4.69, 9.17) is 4.99 Å². The van der Waals surface area contributed by atoms with Gasteiger partial charge in [0.2, 0.25) is 0 Å². The van der Waals surface area contributed by atoms with Gasteiger partial charge in [0.25, 0.3) is 0 Å². The van der Waals surface area contributed by atoms with Crippen LogP contribution >= 0.6 is 0 Å². The summed E-state index contributed by atoms with van der Waals surface area (Å²) in [7, 11) is 0. The van der Waals surface area contributed by atoms with Crippen molar-refractivity contribution in [3.8, 4) is 0 Å². The highest BCUT2D eigenvalue weighted by Gasteiger charge is 2.48. The summed E-state index contributed by atoms with van der Waals surface area (Å²) in [5.74, 6) is 0.771. The second-order valence-electron chi connectivity index (χ2n) is 8.61. The molecule has 30 heavy (non-hydrogen) atoms. The van der Waals surface area contributed by atoms with Gasteiger partial charge in [0.1, 0.15) is 17.7 Å². The molecule has 2 atom stereocenters. The first kappa shape index (κ1) is 18.5. The van der Waals surface area contributed by atoms with Crippen molar-refractivity contribution >= 4 is 23.4 Å². The lowest BCUT2D eigenvalue weighted by Gasteiger charge is -2.33. The van der Waals surface area contributed by atoms with Gasteiger partial charge in [-0.05, 0) is 50.6 Å². The van der Waals surface area contributed by atoms with E-state index in [1.807, 2.05) is 41.2 Å². The maximum atomic E-state index is 13.7. The van der Waals surface area contributed by atoms with Crippen LogP contribution in [0.3, 0.4) is 0 Å². The Morgan fingerprint density at radius 3 is 2.40 bits per heavy atom. The maximum absolute atomic E-state index is 13.7. The number of carbonyl (C=O) groups is 1. The van der Waals surface area contributed by atoms with Crippen molar-refractivity contribution in [2.75, 3.05) is 4.90 Å². The Bertz CT molecular complexity index is 1140. The molecule has 0 saturated carbocycles. The number of halogens is 1. The number of urea groups is 1. The zero-order chi connectivity index (χ0) is 21.0. The van der Waals surface area contributed by atoms with E-state index < -0.39 is 0 Å². The van der Waals surface area contributed by atoms with Crippen LogP contribution in [0, 0.1) is 5.82 Å². The standard InChI is InChI=1S/C23H22FN5O/c1-23(2,3)29-21-17(13-25-29)18(14-9-11-15(24)12-10-14)19-20(26-21)27-22(30)28(19)16-7-5-4-6-8-16/h4-13,18-19H,1-3H3,(H,26,27,30)/t18-,19+/m1/s1. The van der Waals surface area contributed by atoms with Crippen LogP contribution in [0.25, 0.3) is 0 Å². The molecule has 5 rings (SSSR count). The average molecular weight is 403 g/mol. The van der Waals surface area contributed by atoms with Crippen molar-refractivity contribution in [1.82, 2.24) is 15.1 Å². The summed E-state index contributed by atoms with van der Waals surface area (Å²) in [6.45, 7) is 6.18. The summed E-state index contributed by atoms with van der Waals surface area (Å²) in [5, 5.41) is 7.56. The van der Waals surface area contributed by atoms with Crippen LogP contribution in [0.1, 0.15) is 37.8 Å². The largest absolute Gasteiger partial charge is 0.328 e. The topological polar surface area (TPSA) is 62.5 Å². The molecule has 2 aromatic carbocycles. The normalized spacial score (nSPS) is 20.5. The van der Waals surface area contributed by atoms with Gasteiger partial charge < -0.3 is 0 Å². The smallest absolute Gasteiger partial charge is 0.294 e. The molecule has 0 aliphatic carbocycles. The van der Waals surface area contributed by atoms with Gasteiger partial charge in [-0.3, -0.25) is 10.2 Å². The first-order chi connectivity index (χ1) is 14.3. The van der Waals surface area contributed by atoms with Crippen molar-refractivity contribution in [2.24, 2.45) is 4.99 Å². The predicted octanol–water partition coefficient (Wildman–Crippen LogP) is 4.55. The zero-order valence-corrected chi connectivity index (χ0v) is 17.0. The van der Waals surface area contributed by atoms with Crippen LogP contribution in [0.4, 0.5) is 20.7 Å². The molecular weight excluding hydrogens is 381 g/mol. The van der Waals surface area contributed by atoms with Gasteiger partial charge >= 0.3 is 6.03 Å². The Morgan fingerprint density at radius 1 is 1.03 bits per heavy atom. The Labute approximate surface area is 174 Å². The van der Waals surface area contributed by atoms with E-state index in [2.05, 4.69) is 31.2 Å². The number of fused-ring (bicyclic) bond motifs is 2. The molecule has 0 bridgehead atoms. The number of amides is 2. The second kappa shape index (κ2) is 6.52. The molecule has 152 valence electrons. The van der Waals surface area contributed by atoms with Gasteiger partial charge in [-0.2, -0.15) is 5.10 Å². The van der Waals surface area contributed by atoms with E-state index in [1.54, 1.807) is 17.0 Å². The lowest BCUT2D eigenvalue weighted by Crippen LogP contribution is -2.42. The molecule has 0 unspecified atom stereocenters. The molecule has 7 heteroatoms. The van der Waals surface area contributed by atoms with E-state index in [9.17, 15) is 9.18 Å². The van der Waals surface area contributed by atoms with Crippen molar-refractivity contribution in [2.45, 2.75) is 38.3 Å². The van der Waals surface area contributed by atoms with E-state index in [-0.39, 0.29) is 29.3 Å². The Balaban J connectivity index is 1.73. The number of amidine groups is 1. The van der Waals surface area contributed by atoms with Gasteiger partial charge in [0.05, 0.1) is 11.7 Å². The molecule has 0 spiro atoms. The lowest BCUT2D eigenvalue weighted by atomic mass is 9.83. The summed E-state index contributed by atoms with van der Waals surface area (Å²) in [4.78, 5) is 19.5. The Kier molecular flexibility index (Phi) is 4.03. The minimum atomic E-state index is -0.365. The molecular formula is C23H22FN5O. The highest BCUT2D eigenvalue weighted by molar-refractivity contribution is 6.18. The minimum Gasteiger partial charge on any atom is -0.294 e. The number of nitrogens with one attached hydrogen (secondary N) is 1. The van der Waals surface area contributed by atoms with E-state index in [0.29, 0.717) is 5.84 Å². The molecule has 1 aromatic heterocycles. The molecule has 2 aliphatic rings. The Morgan fingerprint density at radius 2 is 1.73 bits per heavy atom. The molecule has 3 aromatic rings. The molecule has 1 N–H and O–H groups in total. The van der Waals surface area contributed by atoms with Crippen molar-refractivity contribution in [3.63, 3.8) is 0 Å². The number of aromatic nitrogens is 2. The van der Waals surface area contributed by atoms with Crippen LogP contribution in [-0.4, -0.2) is 27.7 Å². The van der Waals surface area contributed by atoms with Crippen LogP contribution in [0.15, 0.2) is 65.8 Å². The molecule has 1 saturated heterocycles. The number of benzene rings is 2. The van der Waals surface area contributed by atoms with Crippen LogP contribution in [0.5, 0.6) is 0 Å². The Hall–Kier alpha value is -3.48. The van der Waals surface area contributed by atoms with Crippen LogP contribution in [0.2, 0.25) is 0 Å². The fourth-order valence-corrected chi connectivity index (χ4v) is 4.25. The number of rotatable bonds is 2. The average Bonchev–Trinajstić information content (AvgIpc) is 3.27. The molecule has 2 amide bonds. The summed E-state index contributed by atoms with van der Waals surface area (Å²) in [6, 6.07) is 15.4. The lowest BCUT2D eigenvalue weighted by molar-refractivity contribution is 0.252. The van der Waals surface area contributed by atoms with Gasteiger partial charge in [-0.1, -0.05) is 30.3 Å². The second-order valence-corrected chi connectivity index (χ2v) is 8.61. The third-order valence-electron chi connectivity index (χ3n) is 5.56. The monoisotopic (exact) mass is 403 g/mol. The van der Waals surface area contributed by atoms with E-state index in [0.717, 1.165) is 22.6 Å². The fourth-order valence-electron chi connectivity index (χ4n) is 4.25. The van der Waals surface area contributed by atoms with Crippen molar-refractivity contribution < 1.29 is 9.18 Å². The number of anilines is 1. The number of nitrogens with zero attached hydrogens (tertiary/aromatic N) is 4. The van der Waals surface area contributed by atoms with Gasteiger partial charge in [0.15, 0.2) is 5.82 Å². The van der Waals surface area contributed by atoms with E-state index in [1.165, 1.54) is 12.1 Å². The first-order valence-corrected chi connectivity index (χ1v) is 9.92.